The third-order valence-electron chi connectivity index (χ3n) is 4.95. The van der Waals surface area contributed by atoms with Crippen LogP contribution >= 0.6 is 0 Å². The fraction of sp³-hybridized carbons (Fsp3) is 0.417. The molecule has 174 valence electrons. The number of ether oxygens (including phenoxy) is 1. The number of hydrogen-bond acceptors (Lipinski definition) is 6. The van der Waals surface area contributed by atoms with Crippen LogP contribution in [0.3, 0.4) is 0 Å². The van der Waals surface area contributed by atoms with Gasteiger partial charge in [0.15, 0.2) is 6.04 Å². The second kappa shape index (κ2) is 15.2. The fourth-order valence-electron chi connectivity index (χ4n) is 3.25. The molecule has 0 spiro atoms. The SMILES string of the molecule is CCCCCCCCOC(=O)[C@H](Cc1ccccc1)N=C([O-])c1ccccc1S(=O)(=O)O.[Na+]. The van der Waals surface area contributed by atoms with Crippen molar-refractivity contribution in [1.29, 1.82) is 0 Å². The Morgan fingerprint density at radius 3 is 2.27 bits per heavy atom. The van der Waals surface area contributed by atoms with Gasteiger partial charge in [0.1, 0.15) is 4.90 Å². The quantitative estimate of drug-likeness (QED) is 0.111. The largest absolute Gasteiger partial charge is 1.00 e. The first kappa shape index (κ1) is 29.3. The smallest absolute Gasteiger partial charge is 0.858 e. The van der Waals surface area contributed by atoms with E-state index < -0.39 is 32.9 Å². The van der Waals surface area contributed by atoms with Gasteiger partial charge in [-0.15, -0.1) is 0 Å². The van der Waals surface area contributed by atoms with Crippen LogP contribution in [0, 0.1) is 0 Å². The van der Waals surface area contributed by atoms with Crippen LogP contribution in [-0.4, -0.2) is 37.5 Å². The Bertz CT molecular complexity index is 995. The Labute approximate surface area is 218 Å². The summed E-state index contributed by atoms with van der Waals surface area (Å²) < 4.78 is 38.0. The molecule has 0 aliphatic carbocycles. The van der Waals surface area contributed by atoms with Gasteiger partial charge in [0.2, 0.25) is 0 Å². The third-order valence-corrected chi connectivity index (χ3v) is 5.87. The molecular weight excluding hydrogens is 453 g/mol. The second-order valence-corrected chi connectivity index (χ2v) is 8.94. The van der Waals surface area contributed by atoms with E-state index in [1.807, 2.05) is 18.2 Å². The van der Waals surface area contributed by atoms with E-state index in [1.54, 1.807) is 12.1 Å². The minimum atomic E-state index is -4.62. The number of nitrogens with zero attached hydrogens (tertiary/aromatic N) is 1. The van der Waals surface area contributed by atoms with Gasteiger partial charge >= 0.3 is 35.5 Å². The second-order valence-electron chi connectivity index (χ2n) is 7.55. The molecular formula is C24H30NNaO6S. The van der Waals surface area contributed by atoms with Gasteiger partial charge in [-0.25, -0.2) is 4.79 Å². The van der Waals surface area contributed by atoms with Crippen LogP contribution in [0.5, 0.6) is 0 Å². The first-order valence-electron chi connectivity index (χ1n) is 10.8. The molecule has 2 aromatic rings. The number of hydrogen-bond donors (Lipinski definition) is 1. The third kappa shape index (κ3) is 10.4. The summed E-state index contributed by atoms with van der Waals surface area (Å²) in [5.41, 5.74) is 0.491. The standard InChI is InChI=1S/C24H31NO6S.Na/c1-2-3-4-5-6-12-17-31-24(27)21(18-19-13-8-7-9-14-19)25-23(26)20-15-10-11-16-22(20)32(28,29)30;/h7-11,13-16,21H,2-6,12,17-18H2,1H3,(H,25,26)(H,28,29,30);/q;+1/p-1/t21-;/m0./s1. The van der Waals surface area contributed by atoms with Crippen molar-refractivity contribution in [2.45, 2.75) is 62.8 Å². The topological polar surface area (TPSA) is 116 Å². The van der Waals surface area contributed by atoms with Crippen molar-refractivity contribution < 1.29 is 57.2 Å². The van der Waals surface area contributed by atoms with Crippen molar-refractivity contribution in [1.82, 2.24) is 0 Å². The molecule has 0 bridgehead atoms. The van der Waals surface area contributed by atoms with E-state index in [1.165, 1.54) is 24.6 Å². The molecule has 33 heavy (non-hydrogen) atoms. The first-order valence-corrected chi connectivity index (χ1v) is 12.3. The van der Waals surface area contributed by atoms with E-state index in [2.05, 4.69) is 11.9 Å². The van der Waals surface area contributed by atoms with Crippen LogP contribution in [-0.2, 0) is 26.1 Å². The van der Waals surface area contributed by atoms with Gasteiger partial charge in [-0.05, 0) is 23.9 Å². The Hall–Kier alpha value is -1.71. The summed E-state index contributed by atoms with van der Waals surface area (Å²) in [6.07, 6.45) is 6.39. The van der Waals surface area contributed by atoms with Crippen molar-refractivity contribution in [3.63, 3.8) is 0 Å². The molecule has 0 saturated heterocycles. The van der Waals surface area contributed by atoms with Gasteiger partial charge < -0.3 is 9.84 Å². The molecule has 0 unspecified atom stereocenters. The summed E-state index contributed by atoms with van der Waals surface area (Å²) in [6, 6.07) is 13.1. The Morgan fingerprint density at radius 1 is 1.00 bits per heavy atom. The van der Waals surface area contributed by atoms with Crippen LogP contribution in [0.4, 0.5) is 0 Å². The molecule has 7 nitrogen and oxygen atoms in total. The van der Waals surface area contributed by atoms with E-state index in [0.717, 1.165) is 43.7 Å². The zero-order valence-corrected chi connectivity index (χ0v) is 22.1. The molecule has 0 aromatic heterocycles. The summed E-state index contributed by atoms with van der Waals surface area (Å²) in [7, 11) is -4.62. The van der Waals surface area contributed by atoms with Crippen molar-refractivity contribution in [3.05, 3.63) is 65.7 Å². The Morgan fingerprint density at radius 2 is 1.61 bits per heavy atom. The first-order chi connectivity index (χ1) is 15.3. The van der Waals surface area contributed by atoms with Crippen LogP contribution < -0.4 is 34.7 Å². The molecule has 0 saturated carbocycles. The number of carbonyl (C=O) groups excluding carboxylic acids is 1. The van der Waals surface area contributed by atoms with Gasteiger partial charge in [-0.2, -0.15) is 8.42 Å². The number of carbonyl (C=O) groups is 1. The number of esters is 1. The molecule has 0 aliphatic rings. The van der Waals surface area contributed by atoms with Gasteiger partial charge in [0, 0.05) is 12.0 Å². The van der Waals surface area contributed by atoms with Gasteiger partial charge in [-0.1, -0.05) is 87.6 Å². The average molecular weight is 484 g/mol. The van der Waals surface area contributed by atoms with Crippen molar-refractivity contribution in [2.24, 2.45) is 4.99 Å². The maximum atomic E-state index is 12.7. The summed E-state index contributed by atoms with van der Waals surface area (Å²) >= 11 is 0. The Balaban J connectivity index is 0.00000544. The molecule has 2 rings (SSSR count). The molecule has 1 atom stereocenters. The van der Waals surface area contributed by atoms with E-state index in [4.69, 9.17) is 4.74 Å². The predicted molar refractivity (Wildman–Crippen MR) is 121 cm³/mol. The summed E-state index contributed by atoms with van der Waals surface area (Å²) in [5.74, 6) is -1.55. The van der Waals surface area contributed by atoms with E-state index in [9.17, 15) is 22.9 Å². The molecule has 0 fully saturated rings. The summed E-state index contributed by atoms with van der Waals surface area (Å²) in [4.78, 5) is 16.1. The molecule has 0 amide bonds. The normalized spacial score (nSPS) is 12.6. The molecule has 0 heterocycles. The molecule has 0 aliphatic heterocycles. The minimum Gasteiger partial charge on any atom is -0.858 e. The monoisotopic (exact) mass is 483 g/mol. The molecule has 2 aromatic carbocycles. The van der Waals surface area contributed by atoms with E-state index in [-0.39, 0.29) is 48.1 Å². The maximum Gasteiger partial charge on any atom is 1.00 e. The number of benzene rings is 2. The summed E-state index contributed by atoms with van der Waals surface area (Å²) in [6.45, 7) is 2.38. The van der Waals surface area contributed by atoms with E-state index in [0.29, 0.717) is 0 Å². The summed E-state index contributed by atoms with van der Waals surface area (Å²) in [5, 5.41) is 12.7. The molecule has 9 heteroatoms. The maximum absolute atomic E-state index is 12.7. The average Bonchev–Trinajstić information content (AvgIpc) is 2.78. The van der Waals surface area contributed by atoms with Gasteiger partial charge in [0.05, 0.1) is 6.61 Å². The number of unbranched alkanes of at least 4 members (excludes halogenated alkanes) is 5. The van der Waals surface area contributed by atoms with Crippen LogP contribution in [0.25, 0.3) is 0 Å². The van der Waals surface area contributed by atoms with Crippen LogP contribution in [0.15, 0.2) is 64.5 Å². The van der Waals surface area contributed by atoms with E-state index >= 15 is 0 Å². The Kier molecular flexibility index (Phi) is 13.5. The van der Waals surface area contributed by atoms with Gasteiger partial charge in [-0.3, -0.25) is 9.55 Å². The molecule has 1 N–H and O–H groups in total. The van der Waals surface area contributed by atoms with Crippen molar-refractivity contribution in [2.75, 3.05) is 6.61 Å². The molecule has 0 radical (unpaired) electrons. The van der Waals surface area contributed by atoms with Crippen molar-refractivity contribution in [3.8, 4) is 0 Å². The predicted octanol–water partition coefficient (Wildman–Crippen LogP) is 0.559. The van der Waals surface area contributed by atoms with Crippen LogP contribution in [0.1, 0.15) is 56.6 Å². The minimum absolute atomic E-state index is 0. The fourth-order valence-corrected chi connectivity index (χ4v) is 3.93. The van der Waals surface area contributed by atoms with Crippen LogP contribution in [0.2, 0.25) is 0 Å². The number of rotatable bonds is 13. The van der Waals surface area contributed by atoms with Gasteiger partial charge in [0.25, 0.3) is 10.1 Å². The zero-order valence-electron chi connectivity index (χ0n) is 19.3. The zero-order chi connectivity index (χ0) is 23.4. The number of aliphatic imine (C=N–C) groups is 1. The van der Waals surface area contributed by atoms with Crippen molar-refractivity contribution >= 4 is 22.0 Å².